The number of ether oxygens (including phenoxy) is 1. The smallest absolute Gasteiger partial charge is 0.293 e. The van der Waals surface area contributed by atoms with Gasteiger partial charge >= 0.3 is 0 Å². The zero-order valence-electron chi connectivity index (χ0n) is 18.5. The van der Waals surface area contributed by atoms with Crippen molar-refractivity contribution < 1.29 is 14.2 Å². The number of thioether (sulfide) groups is 1. The number of nitrogens with zero attached hydrogens (tertiary/aromatic N) is 9. The number of nitrogen functional groups attached to an aromatic ring is 1. The van der Waals surface area contributed by atoms with Crippen LogP contribution in [0.2, 0.25) is 0 Å². The lowest BCUT2D eigenvalue weighted by molar-refractivity contribution is 0.0949. The molecule has 15 heteroatoms. The maximum absolute atomic E-state index is 12.8. The Morgan fingerprint density at radius 3 is 2.74 bits per heavy atom. The predicted octanol–water partition coefficient (Wildman–Crippen LogP) is 1.20. The highest BCUT2D eigenvalue weighted by molar-refractivity contribution is 7.98. The standard InChI is InChI=1S/C19H21N11O3S/c1-11(2)32-13-6-4-12(5-7-13)8-21-24-18(31)15-14(9-34-19-25-22-10-29(19)3)30(28-23-15)17-16(20)26-33-27-17/h4-8,10-11H,9H2,1-3H3,(H2,20,26)(H,24,31)/b21-8+. The van der Waals surface area contributed by atoms with Gasteiger partial charge in [0.15, 0.2) is 10.9 Å². The van der Waals surface area contributed by atoms with Crippen LogP contribution in [0.1, 0.15) is 35.6 Å². The van der Waals surface area contributed by atoms with Crippen molar-refractivity contribution >= 4 is 29.7 Å². The van der Waals surface area contributed by atoms with E-state index in [0.717, 1.165) is 11.3 Å². The first kappa shape index (κ1) is 22.9. The molecule has 0 unspecified atom stereocenters. The summed E-state index contributed by atoms with van der Waals surface area (Å²) in [6.07, 6.45) is 3.16. The minimum Gasteiger partial charge on any atom is -0.491 e. The number of aryl methyl sites for hydroxylation is 1. The van der Waals surface area contributed by atoms with Gasteiger partial charge in [-0.25, -0.2) is 10.1 Å². The molecular weight excluding hydrogens is 462 g/mol. The highest BCUT2D eigenvalue weighted by Gasteiger charge is 2.24. The minimum absolute atomic E-state index is 0.00433. The van der Waals surface area contributed by atoms with Gasteiger partial charge in [-0.15, -0.1) is 15.3 Å². The van der Waals surface area contributed by atoms with Crippen LogP contribution in [0.3, 0.4) is 0 Å². The zero-order valence-corrected chi connectivity index (χ0v) is 19.3. The number of carbonyl (C=O) groups excluding carboxylic acids is 1. The van der Waals surface area contributed by atoms with Crippen LogP contribution in [0.4, 0.5) is 5.82 Å². The number of hydrazone groups is 1. The van der Waals surface area contributed by atoms with E-state index in [1.165, 1.54) is 22.7 Å². The number of benzene rings is 1. The molecule has 0 spiro atoms. The van der Waals surface area contributed by atoms with Crippen LogP contribution in [0.25, 0.3) is 5.82 Å². The molecule has 176 valence electrons. The number of hydrogen-bond donors (Lipinski definition) is 2. The van der Waals surface area contributed by atoms with Crippen molar-refractivity contribution in [3.05, 3.63) is 47.5 Å². The number of amides is 1. The van der Waals surface area contributed by atoms with Crippen molar-refractivity contribution in [2.75, 3.05) is 5.73 Å². The first-order valence-electron chi connectivity index (χ1n) is 10.0. The summed E-state index contributed by atoms with van der Waals surface area (Å²) in [6, 6.07) is 7.31. The molecule has 0 aliphatic carbocycles. The Morgan fingerprint density at radius 2 is 2.09 bits per heavy atom. The van der Waals surface area contributed by atoms with Gasteiger partial charge in [0.05, 0.1) is 18.0 Å². The van der Waals surface area contributed by atoms with Gasteiger partial charge in [-0.1, -0.05) is 17.0 Å². The van der Waals surface area contributed by atoms with Crippen molar-refractivity contribution in [3.8, 4) is 11.6 Å². The summed E-state index contributed by atoms with van der Waals surface area (Å²) in [4.78, 5) is 12.8. The number of rotatable bonds is 9. The van der Waals surface area contributed by atoms with Crippen molar-refractivity contribution in [1.82, 2.24) is 45.5 Å². The maximum atomic E-state index is 12.8. The van der Waals surface area contributed by atoms with Crippen LogP contribution in [0, 0.1) is 0 Å². The SMILES string of the molecule is CC(C)Oc1ccc(/C=N/NC(=O)c2nnn(-c3nonc3N)c2CSc2nncn2C)cc1. The maximum Gasteiger partial charge on any atom is 0.293 e. The summed E-state index contributed by atoms with van der Waals surface area (Å²) >= 11 is 1.33. The molecule has 0 saturated heterocycles. The van der Waals surface area contributed by atoms with Gasteiger partial charge in [0.1, 0.15) is 12.1 Å². The third-order valence-corrected chi connectivity index (χ3v) is 5.36. The predicted molar refractivity (Wildman–Crippen MR) is 121 cm³/mol. The van der Waals surface area contributed by atoms with Gasteiger partial charge in [0, 0.05) is 12.8 Å². The van der Waals surface area contributed by atoms with Gasteiger partial charge in [-0.05, 0) is 54.0 Å². The van der Waals surface area contributed by atoms with Gasteiger partial charge in [-0.2, -0.15) is 9.78 Å². The number of aromatic nitrogens is 8. The van der Waals surface area contributed by atoms with Crippen molar-refractivity contribution in [2.24, 2.45) is 12.1 Å². The Hall–Kier alpha value is -4.27. The van der Waals surface area contributed by atoms with E-state index in [-0.39, 0.29) is 29.2 Å². The molecule has 14 nitrogen and oxygen atoms in total. The number of hydrogen-bond acceptors (Lipinski definition) is 12. The van der Waals surface area contributed by atoms with Crippen LogP contribution in [-0.2, 0) is 12.8 Å². The Kier molecular flexibility index (Phi) is 6.82. The van der Waals surface area contributed by atoms with Crippen LogP contribution in [-0.4, -0.2) is 58.3 Å². The molecular formula is C19H21N11O3S. The summed E-state index contributed by atoms with van der Waals surface area (Å²) in [6.45, 7) is 3.91. The lowest BCUT2D eigenvalue weighted by atomic mass is 10.2. The monoisotopic (exact) mass is 483 g/mol. The Labute approximate surface area is 197 Å². The van der Waals surface area contributed by atoms with Gasteiger partial charge < -0.3 is 15.0 Å². The minimum atomic E-state index is -0.564. The first-order valence-corrected chi connectivity index (χ1v) is 11.0. The van der Waals surface area contributed by atoms with E-state index in [0.29, 0.717) is 10.9 Å². The van der Waals surface area contributed by atoms with Gasteiger partial charge in [-0.3, -0.25) is 4.79 Å². The van der Waals surface area contributed by atoms with Crippen LogP contribution < -0.4 is 15.9 Å². The molecule has 0 bridgehead atoms. The second-order valence-electron chi connectivity index (χ2n) is 7.22. The molecule has 3 N–H and O–H groups in total. The number of carbonyl (C=O) groups is 1. The summed E-state index contributed by atoms with van der Waals surface area (Å²) in [5.41, 5.74) is 9.48. The molecule has 0 fully saturated rings. The van der Waals surface area contributed by atoms with Crippen molar-refractivity contribution in [3.63, 3.8) is 0 Å². The number of anilines is 1. The van der Waals surface area contributed by atoms with E-state index in [4.69, 9.17) is 10.5 Å². The Morgan fingerprint density at radius 1 is 1.29 bits per heavy atom. The third-order valence-electron chi connectivity index (χ3n) is 4.31. The second-order valence-corrected chi connectivity index (χ2v) is 8.16. The summed E-state index contributed by atoms with van der Waals surface area (Å²) < 4.78 is 13.3. The van der Waals surface area contributed by atoms with Crippen LogP contribution in [0.5, 0.6) is 5.75 Å². The summed E-state index contributed by atoms with van der Waals surface area (Å²) in [5, 5.41) is 27.8. The summed E-state index contributed by atoms with van der Waals surface area (Å²) in [5.74, 6) is 0.567. The molecule has 1 amide bonds. The number of nitrogens with two attached hydrogens (primary N) is 1. The molecule has 0 radical (unpaired) electrons. The molecule has 0 aliphatic heterocycles. The quantitative estimate of drug-likeness (QED) is 0.199. The third kappa shape index (κ3) is 5.20. The molecule has 34 heavy (non-hydrogen) atoms. The van der Waals surface area contributed by atoms with Crippen LogP contribution in [0.15, 0.2) is 45.5 Å². The molecule has 3 heterocycles. The van der Waals surface area contributed by atoms with E-state index in [1.54, 1.807) is 17.9 Å². The van der Waals surface area contributed by atoms with E-state index in [1.807, 2.05) is 38.1 Å². The van der Waals surface area contributed by atoms with Crippen molar-refractivity contribution in [1.29, 1.82) is 0 Å². The van der Waals surface area contributed by atoms with E-state index < -0.39 is 5.91 Å². The molecule has 0 aliphatic rings. The molecule has 1 aromatic carbocycles. The first-order chi connectivity index (χ1) is 16.4. The fourth-order valence-corrected chi connectivity index (χ4v) is 3.66. The lowest BCUT2D eigenvalue weighted by Crippen LogP contribution is -2.20. The lowest BCUT2D eigenvalue weighted by Gasteiger charge is -2.09. The molecule has 4 aromatic rings. The Bertz CT molecular complexity index is 1290. The average molecular weight is 484 g/mol. The molecule has 0 atom stereocenters. The molecule has 3 aromatic heterocycles. The molecule has 4 rings (SSSR count). The van der Waals surface area contributed by atoms with Gasteiger partial charge in [0.2, 0.25) is 11.6 Å². The van der Waals surface area contributed by atoms with E-state index in [9.17, 15) is 4.79 Å². The Balaban J connectivity index is 1.51. The fourth-order valence-electron chi connectivity index (χ4n) is 2.77. The topological polar surface area (TPSA) is 177 Å². The van der Waals surface area contributed by atoms with Gasteiger partial charge in [0.25, 0.3) is 5.91 Å². The highest BCUT2D eigenvalue weighted by Crippen LogP contribution is 2.24. The largest absolute Gasteiger partial charge is 0.491 e. The van der Waals surface area contributed by atoms with E-state index >= 15 is 0 Å². The fraction of sp³-hybridized carbons (Fsp3) is 0.263. The zero-order chi connectivity index (χ0) is 24.1. The van der Waals surface area contributed by atoms with Crippen LogP contribution >= 0.6 is 11.8 Å². The highest BCUT2D eigenvalue weighted by atomic mass is 32.2. The van der Waals surface area contributed by atoms with E-state index in [2.05, 4.69) is 46.0 Å². The van der Waals surface area contributed by atoms with Crippen molar-refractivity contribution in [2.45, 2.75) is 30.9 Å². The molecule has 0 saturated carbocycles. The average Bonchev–Trinajstić information content (AvgIpc) is 3.52. The second kappa shape index (κ2) is 10.1. The number of nitrogens with one attached hydrogen (secondary N) is 1. The summed E-state index contributed by atoms with van der Waals surface area (Å²) in [7, 11) is 1.81. The normalized spacial score (nSPS) is 11.4.